The van der Waals surface area contributed by atoms with E-state index in [1.54, 1.807) is 30.3 Å². The number of benzene rings is 2. The van der Waals surface area contributed by atoms with Crippen LogP contribution in [0.15, 0.2) is 47.4 Å². The highest BCUT2D eigenvalue weighted by Crippen LogP contribution is 2.29. The lowest BCUT2D eigenvalue weighted by Gasteiger charge is -2.25. The monoisotopic (exact) mass is 446 g/mol. The van der Waals surface area contributed by atoms with Crippen molar-refractivity contribution in [2.75, 3.05) is 26.0 Å². The Morgan fingerprint density at radius 3 is 2.60 bits per heavy atom. The topological polar surface area (TPSA) is 70.4 Å². The second-order valence-electron chi connectivity index (χ2n) is 8.25. The molecule has 0 spiro atoms. The van der Waals surface area contributed by atoms with Crippen molar-refractivity contribution in [2.45, 2.75) is 37.1 Å². The van der Waals surface area contributed by atoms with Gasteiger partial charge >= 0.3 is 0 Å². The molecule has 2 aromatic carbocycles. The minimum Gasteiger partial charge on any atom is -0.493 e. The number of rotatable bonds is 7. The van der Waals surface area contributed by atoms with Crippen LogP contribution in [0.2, 0.25) is 5.02 Å². The molecule has 0 radical (unpaired) electrons. The van der Waals surface area contributed by atoms with E-state index in [1.165, 1.54) is 6.26 Å². The second-order valence-corrected chi connectivity index (χ2v) is 10.7. The van der Waals surface area contributed by atoms with Crippen LogP contribution in [0.3, 0.4) is 0 Å². The van der Waals surface area contributed by atoms with Gasteiger partial charge in [-0.3, -0.25) is 4.90 Å². The quantitative estimate of drug-likeness (QED) is 0.625. The summed E-state index contributed by atoms with van der Waals surface area (Å²) in [6.45, 7) is 6.83. The third-order valence-electron chi connectivity index (χ3n) is 5.65. The van der Waals surface area contributed by atoms with E-state index in [0.717, 1.165) is 25.1 Å². The van der Waals surface area contributed by atoms with E-state index in [1.807, 2.05) is 12.1 Å². The number of likely N-dealkylation sites (tertiary alicyclic amines) is 1. The lowest BCUT2D eigenvalue weighted by molar-refractivity contribution is 0.227. The predicted octanol–water partition coefficient (Wildman–Crippen LogP) is 4.51. The first-order valence-corrected chi connectivity index (χ1v) is 12.3. The molecule has 1 fully saturated rings. The van der Waals surface area contributed by atoms with Crippen LogP contribution in [0, 0.1) is 17.2 Å². The standard InChI is InChI=1S/C23H27ClN2O3S/c1-16(20-9-18(12-25)10-21(24)11-20)13-26-14-19(8-17(26)2)15-29-22-4-6-23(7-5-22)30(3,27)28/h4-7,9-11,16-17,19H,8,13-15H2,1-3H3/t16-,17-,19+/m1/s1. The molecule has 160 valence electrons. The van der Waals surface area contributed by atoms with E-state index in [0.29, 0.717) is 39.8 Å². The fraction of sp³-hybridized carbons (Fsp3) is 0.435. The maximum absolute atomic E-state index is 11.6. The Balaban J connectivity index is 1.55. The Morgan fingerprint density at radius 2 is 1.97 bits per heavy atom. The third kappa shape index (κ3) is 5.75. The van der Waals surface area contributed by atoms with E-state index >= 15 is 0 Å². The summed E-state index contributed by atoms with van der Waals surface area (Å²) in [6.07, 6.45) is 2.25. The number of nitriles is 1. The van der Waals surface area contributed by atoms with E-state index in [-0.39, 0.29) is 5.92 Å². The first-order chi connectivity index (χ1) is 14.2. The number of nitrogens with zero attached hydrogens (tertiary/aromatic N) is 2. The molecule has 2 aromatic rings. The van der Waals surface area contributed by atoms with Gasteiger partial charge < -0.3 is 4.74 Å². The molecule has 0 amide bonds. The Hall–Kier alpha value is -2.07. The number of hydrogen-bond acceptors (Lipinski definition) is 5. The van der Waals surface area contributed by atoms with Gasteiger partial charge in [0, 0.05) is 36.3 Å². The molecule has 0 unspecified atom stereocenters. The van der Waals surface area contributed by atoms with E-state index in [9.17, 15) is 13.7 Å². The zero-order chi connectivity index (χ0) is 21.9. The lowest BCUT2D eigenvalue weighted by Crippen LogP contribution is -2.31. The molecule has 1 aliphatic rings. The van der Waals surface area contributed by atoms with Gasteiger partial charge in [0.1, 0.15) is 5.75 Å². The molecule has 0 aromatic heterocycles. The molecule has 0 N–H and O–H groups in total. The smallest absolute Gasteiger partial charge is 0.175 e. The normalized spacial score (nSPS) is 20.6. The van der Waals surface area contributed by atoms with Gasteiger partial charge in [-0.2, -0.15) is 5.26 Å². The highest BCUT2D eigenvalue weighted by molar-refractivity contribution is 7.90. The highest BCUT2D eigenvalue weighted by atomic mass is 35.5. The van der Waals surface area contributed by atoms with Crippen molar-refractivity contribution in [1.82, 2.24) is 4.90 Å². The Labute approximate surface area is 184 Å². The SMILES string of the molecule is C[C@H](CN1C[C@@H](COc2ccc(S(C)(=O)=O)cc2)C[C@H]1C)c1cc(Cl)cc(C#N)c1. The van der Waals surface area contributed by atoms with Crippen molar-refractivity contribution >= 4 is 21.4 Å². The third-order valence-corrected chi connectivity index (χ3v) is 7.00. The first-order valence-electron chi connectivity index (χ1n) is 10.0. The number of halogens is 1. The predicted molar refractivity (Wildman–Crippen MR) is 119 cm³/mol. The zero-order valence-corrected chi connectivity index (χ0v) is 19.1. The minimum atomic E-state index is -3.19. The summed E-state index contributed by atoms with van der Waals surface area (Å²) in [5, 5.41) is 9.77. The fourth-order valence-corrected chi connectivity index (χ4v) is 4.88. The molecule has 5 nitrogen and oxygen atoms in total. The maximum atomic E-state index is 11.6. The maximum Gasteiger partial charge on any atom is 0.175 e. The van der Waals surface area contributed by atoms with Gasteiger partial charge in [0.25, 0.3) is 0 Å². The minimum absolute atomic E-state index is 0.265. The van der Waals surface area contributed by atoms with Crippen LogP contribution in [0.5, 0.6) is 5.75 Å². The molecular formula is C23H27ClN2O3S. The fourth-order valence-electron chi connectivity index (χ4n) is 4.01. The van der Waals surface area contributed by atoms with Crippen molar-refractivity contribution in [1.29, 1.82) is 5.26 Å². The summed E-state index contributed by atoms with van der Waals surface area (Å²) in [6, 6.07) is 14.7. The van der Waals surface area contributed by atoms with Crippen molar-refractivity contribution in [3.05, 3.63) is 58.6 Å². The summed E-state index contributed by atoms with van der Waals surface area (Å²) in [5.74, 6) is 1.36. The highest BCUT2D eigenvalue weighted by Gasteiger charge is 2.30. The van der Waals surface area contributed by atoms with Gasteiger partial charge in [0.05, 0.1) is 23.1 Å². The van der Waals surface area contributed by atoms with Crippen LogP contribution in [0.25, 0.3) is 0 Å². The lowest BCUT2D eigenvalue weighted by atomic mass is 9.98. The molecule has 3 atom stereocenters. The van der Waals surface area contributed by atoms with Gasteiger partial charge in [-0.05, 0) is 67.3 Å². The van der Waals surface area contributed by atoms with E-state index in [4.69, 9.17) is 16.3 Å². The largest absolute Gasteiger partial charge is 0.493 e. The van der Waals surface area contributed by atoms with Crippen molar-refractivity contribution < 1.29 is 13.2 Å². The average Bonchev–Trinajstić information content (AvgIpc) is 3.04. The van der Waals surface area contributed by atoms with Crippen LogP contribution < -0.4 is 4.74 Å². The average molecular weight is 447 g/mol. The summed E-state index contributed by atoms with van der Waals surface area (Å²) in [5.41, 5.74) is 1.67. The molecule has 7 heteroatoms. The van der Waals surface area contributed by atoms with Crippen molar-refractivity contribution in [3.63, 3.8) is 0 Å². The van der Waals surface area contributed by atoms with Crippen LogP contribution in [-0.4, -0.2) is 45.3 Å². The molecule has 1 heterocycles. The number of sulfone groups is 1. The van der Waals surface area contributed by atoms with Crippen LogP contribution in [0.4, 0.5) is 0 Å². The summed E-state index contributed by atoms with van der Waals surface area (Å²) in [4.78, 5) is 2.75. The summed E-state index contributed by atoms with van der Waals surface area (Å²) < 4.78 is 29.0. The molecule has 1 aliphatic heterocycles. The molecule has 1 saturated heterocycles. The number of hydrogen-bond donors (Lipinski definition) is 0. The van der Waals surface area contributed by atoms with Crippen molar-refractivity contribution in [2.24, 2.45) is 5.92 Å². The van der Waals surface area contributed by atoms with Gasteiger partial charge in [-0.25, -0.2) is 8.42 Å². The molecule has 0 aliphatic carbocycles. The van der Waals surface area contributed by atoms with Gasteiger partial charge in [-0.15, -0.1) is 0 Å². The summed E-state index contributed by atoms with van der Waals surface area (Å²) in [7, 11) is -3.19. The second kappa shape index (κ2) is 9.38. The van der Waals surface area contributed by atoms with Gasteiger partial charge in [0.2, 0.25) is 0 Å². The molecule has 0 bridgehead atoms. The Kier molecular flexibility index (Phi) is 7.07. The van der Waals surface area contributed by atoms with Crippen LogP contribution in [0.1, 0.15) is 37.3 Å². The van der Waals surface area contributed by atoms with Gasteiger partial charge in [-0.1, -0.05) is 18.5 Å². The van der Waals surface area contributed by atoms with Crippen molar-refractivity contribution in [3.8, 4) is 11.8 Å². The van der Waals surface area contributed by atoms with Crippen LogP contribution in [-0.2, 0) is 9.84 Å². The number of ether oxygens (including phenoxy) is 1. The van der Waals surface area contributed by atoms with E-state index < -0.39 is 9.84 Å². The molecule has 30 heavy (non-hydrogen) atoms. The Morgan fingerprint density at radius 1 is 1.27 bits per heavy atom. The molecular weight excluding hydrogens is 420 g/mol. The molecule has 3 rings (SSSR count). The first kappa shape index (κ1) is 22.6. The van der Waals surface area contributed by atoms with E-state index in [2.05, 4.69) is 24.8 Å². The molecule has 0 saturated carbocycles. The summed E-state index contributed by atoms with van der Waals surface area (Å²) >= 11 is 6.16. The zero-order valence-electron chi connectivity index (χ0n) is 17.5. The van der Waals surface area contributed by atoms with Crippen LogP contribution >= 0.6 is 11.6 Å². The van der Waals surface area contributed by atoms with Gasteiger partial charge in [0.15, 0.2) is 9.84 Å². The Bertz CT molecular complexity index is 1030.